The summed E-state index contributed by atoms with van der Waals surface area (Å²) in [7, 11) is 1.28. The van der Waals surface area contributed by atoms with Gasteiger partial charge < -0.3 is 15.4 Å². The lowest BCUT2D eigenvalue weighted by atomic mass is 10.1. The number of ether oxygens (including phenoxy) is 1. The van der Waals surface area contributed by atoms with Crippen molar-refractivity contribution in [1.29, 1.82) is 0 Å². The van der Waals surface area contributed by atoms with Crippen LogP contribution in [0.2, 0.25) is 0 Å². The van der Waals surface area contributed by atoms with Gasteiger partial charge in [-0.25, -0.2) is 9.59 Å². The molecule has 3 rings (SSSR count). The summed E-state index contributed by atoms with van der Waals surface area (Å²) < 4.78 is 4.61. The first kappa shape index (κ1) is 19.1. The minimum absolute atomic E-state index is 0.151. The summed E-state index contributed by atoms with van der Waals surface area (Å²) in [6.07, 6.45) is -0.186. The Hall–Kier alpha value is -3.68. The summed E-state index contributed by atoms with van der Waals surface area (Å²) in [5.74, 6) is -1.34. The van der Waals surface area contributed by atoms with Crippen molar-refractivity contribution in [2.75, 3.05) is 12.4 Å². The molecule has 0 saturated carbocycles. The molecule has 0 unspecified atom stereocenters. The quantitative estimate of drug-likeness (QED) is 0.588. The molecule has 0 spiro atoms. The molecule has 1 aliphatic rings. The molecule has 1 aliphatic heterocycles. The first-order chi connectivity index (χ1) is 13.5. The molecule has 0 aliphatic carbocycles. The zero-order valence-electron chi connectivity index (χ0n) is 15.2. The maximum atomic E-state index is 12.5. The number of hydrogen-bond acceptors (Lipinski definition) is 5. The molecule has 1 heterocycles. The Bertz CT molecular complexity index is 896. The van der Waals surface area contributed by atoms with Crippen molar-refractivity contribution in [2.24, 2.45) is 0 Å². The smallest absolute Gasteiger partial charge is 0.337 e. The van der Waals surface area contributed by atoms with Crippen molar-refractivity contribution in [3.63, 3.8) is 0 Å². The first-order valence-electron chi connectivity index (χ1n) is 8.62. The zero-order chi connectivity index (χ0) is 20.1. The van der Waals surface area contributed by atoms with Crippen LogP contribution in [0.5, 0.6) is 0 Å². The second-order valence-electron chi connectivity index (χ2n) is 6.23. The van der Waals surface area contributed by atoms with Gasteiger partial charge in [-0.15, -0.1) is 0 Å². The fraction of sp³-hybridized carbons (Fsp3) is 0.200. The normalized spacial score (nSPS) is 15.9. The number of anilines is 1. The summed E-state index contributed by atoms with van der Waals surface area (Å²) in [6.45, 7) is 0.151. The molecule has 0 bridgehead atoms. The molecule has 8 heteroatoms. The van der Waals surface area contributed by atoms with Gasteiger partial charge in [-0.2, -0.15) is 0 Å². The van der Waals surface area contributed by atoms with Crippen LogP contribution < -0.4 is 10.6 Å². The number of imide groups is 1. The molecule has 8 nitrogen and oxygen atoms in total. The third-order valence-electron chi connectivity index (χ3n) is 4.27. The van der Waals surface area contributed by atoms with Gasteiger partial charge in [0.25, 0.3) is 5.91 Å². The van der Waals surface area contributed by atoms with E-state index in [4.69, 9.17) is 0 Å². The summed E-state index contributed by atoms with van der Waals surface area (Å²) >= 11 is 0. The van der Waals surface area contributed by atoms with Crippen molar-refractivity contribution >= 4 is 29.5 Å². The molecular weight excluding hydrogens is 362 g/mol. The second kappa shape index (κ2) is 8.34. The van der Waals surface area contributed by atoms with Gasteiger partial charge in [0.05, 0.1) is 25.6 Å². The molecule has 0 aromatic heterocycles. The largest absolute Gasteiger partial charge is 0.465 e. The van der Waals surface area contributed by atoms with Crippen molar-refractivity contribution in [3.8, 4) is 0 Å². The number of hydrogen-bond donors (Lipinski definition) is 2. The molecule has 2 N–H and O–H groups in total. The van der Waals surface area contributed by atoms with Crippen LogP contribution in [-0.4, -0.2) is 41.9 Å². The molecule has 2 aromatic carbocycles. The second-order valence-corrected chi connectivity index (χ2v) is 6.23. The molecular formula is C20H19N3O5. The molecule has 1 fully saturated rings. The van der Waals surface area contributed by atoms with Crippen LogP contribution in [0.3, 0.4) is 0 Å². The molecule has 144 valence electrons. The van der Waals surface area contributed by atoms with Crippen molar-refractivity contribution in [1.82, 2.24) is 10.2 Å². The highest BCUT2D eigenvalue weighted by molar-refractivity contribution is 6.06. The monoisotopic (exact) mass is 381 g/mol. The summed E-state index contributed by atoms with van der Waals surface area (Å²) in [4.78, 5) is 49.3. The number of carbonyl (C=O) groups excluding carboxylic acids is 4. The lowest BCUT2D eigenvalue weighted by Gasteiger charge is -2.13. The highest BCUT2D eigenvalue weighted by Crippen LogP contribution is 2.16. The van der Waals surface area contributed by atoms with E-state index in [9.17, 15) is 19.2 Å². The van der Waals surface area contributed by atoms with Crippen LogP contribution in [0.15, 0.2) is 54.6 Å². The number of rotatable bonds is 6. The Labute approximate surface area is 161 Å². The predicted molar refractivity (Wildman–Crippen MR) is 100 cm³/mol. The molecule has 1 saturated heterocycles. The third-order valence-corrected chi connectivity index (χ3v) is 4.27. The SMILES string of the molecule is COC(=O)c1ccc(NC(=O)C[C@@H]2NC(=O)N(Cc3ccccc3)C2=O)cc1. The number of benzene rings is 2. The standard InChI is InChI=1S/C20H19N3O5/c1-28-19(26)14-7-9-15(10-8-14)21-17(24)11-16-18(25)23(20(27)22-16)12-13-5-3-2-4-6-13/h2-10,16H,11-12H2,1H3,(H,21,24)(H,22,27)/t16-/m0/s1. The maximum Gasteiger partial charge on any atom is 0.337 e. The molecule has 28 heavy (non-hydrogen) atoms. The average molecular weight is 381 g/mol. The van der Waals surface area contributed by atoms with Crippen LogP contribution in [0.4, 0.5) is 10.5 Å². The van der Waals surface area contributed by atoms with Crippen LogP contribution in [0.1, 0.15) is 22.3 Å². The van der Waals surface area contributed by atoms with Crippen LogP contribution >= 0.6 is 0 Å². The van der Waals surface area contributed by atoms with E-state index >= 15 is 0 Å². The van der Waals surface area contributed by atoms with Gasteiger partial charge in [0, 0.05) is 5.69 Å². The van der Waals surface area contributed by atoms with E-state index in [1.54, 1.807) is 12.1 Å². The van der Waals surface area contributed by atoms with E-state index in [0.717, 1.165) is 10.5 Å². The summed E-state index contributed by atoms with van der Waals surface area (Å²) in [5, 5.41) is 5.18. The number of esters is 1. The third kappa shape index (κ3) is 4.35. The topological polar surface area (TPSA) is 105 Å². The van der Waals surface area contributed by atoms with E-state index in [0.29, 0.717) is 11.3 Å². The van der Waals surface area contributed by atoms with Crippen molar-refractivity contribution in [3.05, 3.63) is 65.7 Å². The number of carbonyl (C=O) groups is 4. The Morgan fingerprint density at radius 2 is 1.75 bits per heavy atom. The van der Waals surface area contributed by atoms with E-state index in [2.05, 4.69) is 15.4 Å². The van der Waals surface area contributed by atoms with Gasteiger partial charge in [0.2, 0.25) is 5.91 Å². The van der Waals surface area contributed by atoms with E-state index in [1.807, 2.05) is 30.3 Å². The zero-order valence-corrected chi connectivity index (χ0v) is 15.2. The lowest BCUT2D eigenvalue weighted by molar-refractivity contribution is -0.130. The van der Waals surface area contributed by atoms with Gasteiger partial charge in [0.15, 0.2) is 0 Å². The number of nitrogens with zero attached hydrogens (tertiary/aromatic N) is 1. The van der Waals surface area contributed by atoms with Gasteiger partial charge in [-0.05, 0) is 29.8 Å². The molecule has 4 amide bonds. The first-order valence-corrected chi connectivity index (χ1v) is 8.62. The highest BCUT2D eigenvalue weighted by Gasteiger charge is 2.38. The fourth-order valence-corrected chi connectivity index (χ4v) is 2.84. The van der Waals surface area contributed by atoms with Gasteiger partial charge in [-0.1, -0.05) is 30.3 Å². The van der Waals surface area contributed by atoms with E-state index in [-0.39, 0.29) is 13.0 Å². The minimum atomic E-state index is -0.912. The Kier molecular flexibility index (Phi) is 5.69. The average Bonchev–Trinajstić information content (AvgIpc) is 2.96. The highest BCUT2D eigenvalue weighted by atomic mass is 16.5. The van der Waals surface area contributed by atoms with E-state index in [1.165, 1.54) is 19.2 Å². The van der Waals surface area contributed by atoms with Crippen LogP contribution in [0.25, 0.3) is 0 Å². The van der Waals surface area contributed by atoms with E-state index < -0.39 is 29.9 Å². The van der Waals surface area contributed by atoms with Gasteiger partial charge >= 0.3 is 12.0 Å². The Balaban J connectivity index is 1.57. The number of nitrogens with one attached hydrogen (secondary N) is 2. The Morgan fingerprint density at radius 1 is 1.07 bits per heavy atom. The van der Waals surface area contributed by atoms with Gasteiger partial charge in [-0.3, -0.25) is 14.5 Å². The summed E-state index contributed by atoms with van der Waals surface area (Å²) in [6, 6.07) is 13.9. The summed E-state index contributed by atoms with van der Waals surface area (Å²) in [5.41, 5.74) is 1.65. The minimum Gasteiger partial charge on any atom is -0.465 e. The number of urea groups is 1. The fourth-order valence-electron chi connectivity index (χ4n) is 2.84. The van der Waals surface area contributed by atoms with Crippen LogP contribution in [0, 0.1) is 0 Å². The lowest BCUT2D eigenvalue weighted by Crippen LogP contribution is -2.34. The molecule has 0 radical (unpaired) electrons. The maximum absolute atomic E-state index is 12.5. The number of methoxy groups -OCH3 is 1. The number of amides is 4. The molecule has 2 aromatic rings. The van der Waals surface area contributed by atoms with Crippen molar-refractivity contribution in [2.45, 2.75) is 19.0 Å². The van der Waals surface area contributed by atoms with Gasteiger partial charge in [0.1, 0.15) is 6.04 Å². The van der Waals surface area contributed by atoms with Crippen LogP contribution in [-0.2, 0) is 20.9 Å². The molecule has 1 atom stereocenters. The Morgan fingerprint density at radius 3 is 2.39 bits per heavy atom. The van der Waals surface area contributed by atoms with Crippen molar-refractivity contribution < 1.29 is 23.9 Å². The predicted octanol–water partition coefficient (Wildman–Crippen LogP) is 1.92.